The van der Waals surface area contributed by atoms with Crippen molar-refractivity contribution in [2.75, 3.05) is 17.7 Å². The van der Waals surface area contributed by atoms with Crippen LogP contribution in [0.15, 0.2) is 34.3 Å². The van der Waals surface area contributed by atoms with Crippen molar-refractivity contribution in [3.05, 3.63) is 40.4 Å². The van der Waals surface area contributed by atoms with Gasteiger partial charge in [0, 0.05) is 24.6 Å². The van der Waals surface area contributed by atoms with Gasteiger partial charge in [0.2, 0.25) is 5.91 Å². The van der Waals surface area contributed by atoms with Crippen molar-refractivity contribution < 1.29 is 9.53 Å². The van der Waals surface area contributed by atoms with E-state index < -0.39 is 0 Å². The highest BCUT2D eigenvalue weighted by atomic mass is 32.2. The van der Waals surface area contributed by atoms with Crippen LogP contribution in [0.3, 0.4) is 0 Å². The summed E-state index contributed by atoms with van der Waals surface area (Å²) in [6.45, 7) is 2.97. The van der Waals surface area contributed by atoms with Crippen LogP contribution in [0.25, 0.3) is 11.0 Å². The number of pyridine rings is 1. The molecule has 9 nitrogen and oxygen atoms in total. The lowest BCUT2D eigenvalue weighted by Gasteiger charge is -2.16. The standard InChI is InChI=1S/C18H20N6O3S/c1-11-8-14(23-22-11)20-15(25)10-28-18-21-16-13(5-2-6-19-16)17(26)24(18)9-12-4-3-7-27-12/h2,5-6,8,12H,3-4,7,9-10H2,1H3,(H2,20,22,23,25). The van der Waals surface area contributed by atoms with Gasteiger partial charge in [-0.15, -0.1) is 0 Å². The van der Waals surface area contributed by atoms with Gasteiger partial charge in [0.05, 0.1) is 23.8 Å². The number of nitrogens with one attached hydrogen (secondary N) is 2. The number of nitrogens with zero attached hydrogens (tertiary/aromatic N) is 4. The molecule has 1 aliphatic rings. The Balaban J connectivity index is 1.57. The molecule has 3 aromatic heterocycles. The lowest BCUT2D eigenvalue weighted by atomic mass is 10.2. The van der Waals surface area contributed by atoms with Gasteiger partial charge in [-0.2, -0.15) is 5.10 Å². The topological polar surface area (TPSA) is 115 Å². The molecule has 0 bridgehead atoms. The largest absolute Gasteiger partial charge is 0.376 e. The minimum Gasteiger partial charge on any atom is -0.376 e. The van der Waals surface area contributed by atoms with E-state index in [1.807, 2.05) is 6.92 Å². The Kier molecular flexibility index (Phi) is 5.40. The summed E-state index contributed by atoms with van der Waals surface area (Å²) >= 11 is 1.20. The molecule has 28 heavy (non-hydrogen) atoms. The van der Waals surface area contributed by atoms with E-state index in [0.29, 0.717) is 35.2 Å². The zero-order valence-corrected chi connectivity index (χ0v) is 16.2. The maximum absolute atomic E-state index is 13.0. The molecule has 0 aliphatic carbocycles. The number of amides is 1. The average molecular weight is 400 g/mol. The quantitative estimate of drug-likeness (QED) is 0.478. The van der Waals surface area contributed by atoms with Gasteiger partial charge in [-0.3, -0.25) is 19.3 Å². The number of hydrogen-bond acceptors (Lipinski definition) is 7. The Bertz CT molecular complexity index is 1060. The van der Waals surface area contributed by atoms with E-state index >= 15 is 0 Å². The van der Waals surface area contributed by atoms with Crippen molar-refractivity contribution >= 4 is 34.5 Å². The van der Waals surface area contributed by atoms with Crippen LogP contribution in [0.5, 0.6) is 0 Å². The van der Waals surface area contributed by atoms with Crippen molar-refractivity contribution in [2.45, 2.75) is 37.6 Å². The molecule has 4 rings (SSSR count). The summed E-state index contributed by atoms with van der Waals surface area (Å²) in [4.78, 5) is 33.9. The number of rotatable bonds is 6. The molecule has 1 amide bonds. The van der Waals surface area contributed by atoms with E-state index in [1.165, 1.54) is 11.8 Å². The Morgan fingerprint density at radius 3 is 3.14 bits per heavy atom. The van der Waals surface area contributed by atoms with Gasteiger partial charge < -0.3 is 10.1 Å². The number of aromatic nitrogens is 5. The van der Waals surface area contributed by atoms with Crippen molar-refractivity contribution in [1.82, 2.24) is 24.7 Å². The van der Waals surface area contributed by atoms with Crippen LogP contribution in [-0.4, -0.2) is 49.1 Å². The molecule has 1 aliphatic heterocycles. The molecule has 0 radical (unpaired) electrons. The van der Waals surface area contributed by atoms with Gasteiger partial charge in [0.15, 0.2) is 16.6 Å². The van der Waals surface area contributed by atoms with Gasteiger partial charge in [-0.05, 0) is 31.9 Å². The van der Waals surface area contributed by atoms with E-state index in [1.54, 1.807) is 29.0 Å². The summed E-state index contributed by atoms with van der Waals surface area (Å²) in [5, 5.41) is 10.4. The first-order valence-electron chi connectivity index (χ1n) is 9.02. The molecular formula is C18H20N6O3S. The second-order valence-electron chi connectivity index (χ2n) is 6.59. The van der Waals surface area contributed by atoms with E-state index in [0.717, 1.165) is 18.5 Å². The molecule has 1 fully saturated rings. The monoisotopic (exact) mass is 400 g/mol. The Hall–Kier alpha value is -2.72. The summed E-state index contributed by atoms with van der Waals surface area (Å²) < 4.78 is 7.28. The third-order valence-corrected chi connectivity index (χ3v) is 5.39. The van der Waals surface area contributed by atoms with E-state index in [-0.39, 0.29) is 23.3 Å². The van der Waals surface area contributed by atoms with Crippen molar-refractivity contribution in [1.29, 1.82) is 0 Å². The van der Waals surface area contributed by atoms with Crippen molar-refractivity contribution in [2.24, 2.45) is 0 Å². The van der Waals surface area contributed by atoms with Gasteiger partial charge in [0.25, 0.3) is 5.56 Å². The van der Waals surface area contributed by atoms with E-state index in [4.69, 9.17) is 4.74 Å². The van der Waals surface area contributed by atoms with Crippen LogP contribution in [0, 0.1) is 6.92 Å². The first-order chi connectivity index (χ1) is 13.6. The minimum absolute atomic E-state index is 0.0196. The van der Waals surface area contributed by atoms with Crippen molar-refractivity contribution in [3.63, 3.8) is 0 Å². The van der Waals surface area contributed by atoms with Crippen LogP contribution in [0.2, 0.25) is 0 Å². The number of fused-ring (bicyclic) bond motifs is 1. The minimum atomic E-state index is -0.226. The molecule has 0 saturated carbocycles. The fourth-order valence-electron chi connectivity index (χ4n) is 3.09. The number of aromatic amines is 1. The van der Waals surface area contributed by atoms with Gasteiger partial charge in [0.1, 0.15) is 0 Å². The predicted octanol–water partition coefficient (Wildman–Crippen LogP) is 1.73. The molecule has 0 aromatic carbocycles. The second-order valence-corrected chi connectivity index (χ2v) is 7.54. The van der Waals surface area contributed by atoms with Crippen LogP contribution < -0.4 is 10.9 Å². The van der Waals surface area contributed by atoms with Crippen LogP contribution in [0.4, 0.5) is 5.82 Å². The number of ether oxygens (including phenoxy) is 1. The van der Waals surface area contributed by atoms with Crippen LogP contribution in [-0.2, 0) is 16.1 Å². The highest BCUT2D eigenvalue weighted by Gasteiger charge is 2.21. The fraction of sp³-hybridized carbons (Fsp3) is 0.389. The van der Waals surface area contributed by atoms with E-state index in [9.17, 15) is 9.59 Å². The summed E-state index contributed by atoms with van der Waals surface area (Å²) in [6, 6.07) is 5.17. The second kappa shape index (κ2) is 8.11. The normalized spacial score (nSPS) is 16.5. The zero-order chi connectivity index (χ0) is 19.5. The number of thioether (sulfide) groups is 1. The Morgan fingerprint density at radius 2 is 2.39 bits per heavy atom. The molecule has 146 valence electrons. The number of carbonyl (C=O) groups excluding carboxylic acids is 1. The highest BCUT2D eigenvalue weighted by Crippen LogP contribution is 2.20. The summed E-state index contributed by atoms with van der Waals surface area (Å²) in [5.74, 6) is 0.339. The van der Waals surface area contributed by atoms with Gasteiger partial charge in [-0.25, -0.2) is 9.97 Å². The van der Waals surface area contributed by atoms with E-state index in [2.05, 4.69) is 25.5 Å². The number of H-pyrrole nitrogens is 1. The molecule has 1 unspecified atom stereocenters. The van der Waals surface area contributed by atoms with Crippen molar-refractivity contribution in [3.8, 4) is 0 Å². The Morgan fingerprint density at radius 1 is 1.50 bits per heavy atom. The molecule has 10 heteroatoms. The van der Waals surface area contributed by atoms with Gasteiger partial charge >= 0.3 is 0 Å². The summed E-state index contributed by atoms with van der Waals surface area (Å²) in [7, 11) is 0. The fourth-order valence-corrected chi connectivity index (χ4v) is 3.89. The SMILES string of the molecule is Cc1cc(NC(=O)CSc2nc3ncccc3c(=O)n2CC2CCCO2)n[nH]1. The van der Waals surface area contributed by atoms with Crippen LogP contribution in [0.1, 0.15) is 18.5 Å². The lowest BCUT2D eigenvalue weighted by Crippen LogP contribution is -2.29. The zero-order valence-electron chi connectivity index (χ0n) is 15.3. The molecule has 1 saturated heterocycles. The third kappa shape index (κ3) is 4.07. The van der Waals surface area contributed by atoms with Gasteiger partial charge in [-0.1, -0.05) is 11.8 Å². The third-order valence-electron chi connectivity index (χ3n) is 4.41. The number of aryl methyl sites for hydroxylation is 1. The lowest BCUT2D eigenvalue weighted by molar-refractivity contribution is -0.113. The highest BCUT2D eigenvalue weighted by molar-refractivity contribution is 7.99. The molecule has 0 spiro atoms. The summed E-state index contributed by atoms with van der Waals surface area (Å²) in [6.07, 6.45) is 3.46. The maximum Gasteiger partial charge on any atom is 0.263 e. The molecule has 4 heterocycles. The Labute approximate surface area is 164 Å². The molecule has 1 atom stereocenters. The summed E-state index contributed by atoms with van der Waals surface area (Å²) in [5.41, 5.74) is 1.07. The number of hydrogen-bond donors (Lipinski definition) is 2. The average Bonchev–Trinajstić information content (AvgIpc) is 3.34. The maximum atomic E-state index is 13.0. The smallest absolute Gasteiger partial charge is 0.263 e. The van der Waals surface area contributed by atoms with Crippen LogP contribution >= 0.6 is 11.8 Å². The molecular weight excluding hydrogens is 380 g/mol. The molecule has 2 N–H and O–H groups in total. The first kappa shape index (κ1) is 18.6. The predicted molar refractivity (Wildman–Crippen MR) is 105 cm³/mol. The molecule has 3 aromatic rings. The number of carbonyl (C=O) groups is 1. The number of anilines is 1. The first-order valence-corrected chi connectivity index (χ1v) is 10.0.